The van der Waals surface area contributed by atoms with E-state index in [0.717, 1.165) is 38.5 Å². The van der Waals surface area contributed by atoms with Crippen molar-refractivity contribution in [1.29, 1.82) is 0 Å². The lowest BCUT2D eigenvalue weighted by Crippen LogP contribution is -2.50. The second kappa shape index (κ2) is 8.73. The van der Waals surface area contributed by atoms with Crippen molar-refractivity contribution in [2.24, 2.45) is 0 Å². The summed E-state index contributed by atoms with van der Waals surface area (Å²) in [7, 11) is -2.00. The Labute approximate surface area is 104 Å². The molecular weight excluding hydrogens is 272 g/mol. The van der Waals surface area contributed by atoms with E-state index in [9.17, 15) is 0 Å². The fourth-order valence-corrected chi connectivity index (χ4v) is 6.29. The van der Waals surface area contributed by atoms with E-state index in [1.165, 1.54) is 0 Å². The van der Waals surface area contributed by atoms with Crippen LogP contribution in [-0.4, -0.2) is 26.2 Å². The molecule has 15 heavy (non-hydrogen) atoms. The van der Waals surface area contributed by atoms with Crippen LogP contribution >= 0.6 is 15.9 Å². The van der Waals surface area contributed by atoms with Crippen LogP contribution in [0.15, 0.2) is 0 Å². The number of hydrogen-bond donors (Lipinski definition) is 0. The first-order valence-electron chi connectivity index (χ1n) is 6.08. The van der Waals surface area contributed by atoms with Gasteiger partial charge in [0.15, 0.2) is 0 Å². The zero-order chi connectivity index (χ0) is 11.7. The molecule has 1 atom stereocenters. The van der Waals surface area contributed by atoms with E-state index < -0.39 is 8.56 Å². The molecule has 0 amide bonds. The van der Waals surface area contributed by atoms with Crippen molar-refractivity contribution in [2.45, 2.75) is 57.5 Å². The summed E-state index contributed by atoms with van der Waals surface area (Å²) in [6.45, 7) is 10.3. The highest BCUT2D eigenvalue weighted by atomic mass is 79.9. The minimum Gasteiger partial charge on any atom is -0.394 e. The third-order valence-corrected chi connectivity index (χ3v) is 8.90. The summed E-state index contributed by atoms with van der Waals surface area (Å²) < 4.78 is 12.5. The van der Waals surface area contributed by atoms with Crippen molar-refractivity contribution >= 4 is 24.5 Å². The molecule has 0 aromatic heterocycles. The number of rotatable bonds is 9. The van der Waals surface area contributed by atoms with E-state index >= 15 is 0 Å². The Balaban J connectivity index is 4.43. The van der Waals surface area contributed by atoms with Crippen LogP contribution in [0.2, 0.25) is 6.04 Å². The quantitative estimate of drug-likeness (QED) is 0.473. The fourth-order valence-electron chi connectivity index (χ4n) is 1.51. The molecule has 0 N–H and O–H groups in total. The molecule has 4 heteroatoms. The van der Waals surface area contributed by atoms with Gasteiger partial charge in [-0.25, -0.2) is 0 Å². The number of hydrogen-bond acceptors (Lipinski definition) is 2. The highest BCUT2D eigenvalue weighted by molar-refractivity contribution is 9.10. The minimum absolute atomic E-state index is 0.410. The molecule has 0 heterocycles. The molecule has 0 saturated heterocycles. The summed E-state index contributed by atoms with van der Waals surface area (Å²) in [6.07, 6.45) is 3.20. The molecule has 0 radical (unpaired) electrons. The zero-order valence-corrected chi connectivity index (χ0v) is 13.1. The van der Waals surface area contributed by atoms with Crippen molar-refractivity contribution < 1.29 is 8.85 Å². The Morgan fingerprint density at radius 2 is 1.47 bits per heavy atom. The standard InChI is InChI=1S/C11H25BrO2Si/c1-5-9-13-15(8-4,11(12)7-3)14-10-6-2/h11H,5-10H2,1-4H3. The summed E-state index contributed by atoms with van der Waals surface area (Å²) in [5.41, 5.74) is 0. The topological polar surface area (TPSA) is 18.5 Å². The highest BCUT2D eigenvalue weighted by Gasteiger charge is 2.42. The average molecular weight is 297 g/mol. The van der Waals surface area contributed by atoms with Crippen LogP contribution < -0.4 is 0 Å². The maximum atomic E-state index is 6.05. The molecule has 0 rings (SSSR count). The van der Waals surface area contributed by atoms with Crippen molar-refractivity contribution in [1.82, 2.24) is 0 Å². The molecule has 2 nitrogen and oxygen atoms in total. The Morgan fingerprint density at radius 1 is 1.00 bits per heavy atom. The molecule has 92 valence electrons. The smallest absolute Gasteiger partial charge is 0.351 e. The minimum atomic E-state index is -2.00. The van der Waals surface area contributed by atoms with Gasteiger partial charge >= 0.3 is 8.56 Å². The lowest BCUT2D eigenvalue weighted by Gasteiger charge is -2.33. The number of alkyl halides is 1. The Hall–Kier alpha value is 0.617. The van der Waals surface area contributed by atoms with Gasteiger partial charge in [-0.15, -0.1) is 0 Å². The lowest BCUT2D eigenvalue weighted by molar-refractivity contribution is 0.166. The van der Waals surface area contributed by atoms with Gasteiger partial charge in [0.25, 0.3) is 0 Å². The molecule has 0 spiro atoms. The van der Waals surface area contributed by atoms with Crippen LogP contribution in [0.25, 0.3) is 0 Å². The molecular formula is C11H25BrO2Si. The van der Waals surface area contributed by atoms with E-state index in [-0.39, 0.29) is 0 Å². The predicted molar refractivity (Wildman–Crippen MR) is 71.7 cm³/mol. The first kappa shape index (κ1) is 15.6. The zero-order valence-electron chi connectivity index (χ0n) is 10.5. The molecule has 0 saturated carbocycles. The summed E-state index contributed by atoms with van der Waals surface area (Å²) in [5, 5.41) is 0. The van der Waals surface area contributed by atoms with E-state index in [1.54, 1.807) is 0 Å². The largest absolute Gasteiger partial charge is 0.394 e. The van der Waals surface area contributed by atoms with Gasteiger partial charge in [0, 0.05) is 13.2 Å². The molecule has 0 aliphatic heterocycles. The number of halogens is 1. The van der Waals surface area contributed by atoms with Gasteiger partial charge in [0.1, 0.15) is 0 Å². The van der Waals surface area contributed by atoms with Gasteiger partial charge in [-0.05, 0) is 25.3 Å². The average Bonchev–Trinajstić information content (AvgIpc) is 2.29. The molecule has 0 aromatic carbocycles. The van der Waals surface area contributed by atoms with Crippen molar-refractivity contribution in [3.63, 3.8) is 0 Å². The summed E-state index contributed by atoms with van der Waals surface area (Å²) in [5.74, 6) is 0. The van der Waals surface area contributed by atoms with Crippen LogP contribution in [0.3, 0.4) is 0 Å². The van der Waals surface area contributed by atoms with E-state index in [1.807, 2.05) is 0 Å². The van der Waals surface area contributed by atoms with Gasteiger partial charge in [-0.3, -0.25) is 0 Å². The van der Waals surface area contributed by atoms with Crippen LogP contribution in [0.5, 0.6) is 0 Å². The summed E-state index contributed by atoms with van der Waals surface area (Å²) in [4.78, 5) is 0. The Morgan fingerprint density at radius 3 is 1.73 bits per heavy atom. The first-order chi connectivity index (χ1) is 7.16. The molecule has 1 unspecified atom stereocenters. The molecule has 0 aromatic rings. The predicted octanol–water partition coefficient (Wildman–Crippen LogP) is 4.01. The Bertz CT molecular complexity index is 148. The van der Waals surface area contributed by atoms with Crippen LogP contribution in [0.4, 0.5) is 0 Å². The van der Waals surface area contributed by atoms with Crippen molar-refractivity contribution in [3.8, 4) is 0 Å². The van der Waals surface area contributed by atoms with Gasteiger partial charge in [-0.2, -0.15) is 0 Å². The fraction of sp³-hybridized carbons (Fsp3) is 1.00. The normalized spacial score (nSPS) is 14.2. The second-order valence-electron chi connectivity index (χ2n) is 3.74. The molecule has 0 fully saturated rings. The van der Waals surface area contributed by atoms with Crippen LogP contribution in [-0.2, 0) is 8.85 Å². The molecule has 0 bridgehead atoms. The van der Waals surface area contributed by atoms with Gasteiger partial charge < -0.3 is 8.85 Å². The van der Waals surface area contributed by atoms with E-state index in [4.69, 9.17) is 8.85 Å². The molecule has 0 aliphatic rings. The van der Waals surface area contributed by atoms with Crippen molar-refractivity contribution in [2.75, 3.05) is 13.2 Å². The van der Waals surface area contributed by atoms with Crippen LogP contribution in [0, 0.1) is 0 Å². The molecule has 0 aliphatic carbocycles. The summed E-state index contributed by atoms with van der Waals surface area (Å²) in [6, 6.07) is 1.02. The van der Waals surface area contributed by atoms with Gasteiger partial charge in [-0.1, -0.05) is 43.6 Å². The monoisotopic (exact) mass is 296 g/mol. The maximum Gasteiger partial charge on any atom is 0.351 e. The maximum absolute atomic E-state index is 6.05. The third kappa shape index (κ3) is 4.98. The highest BCUT2D eigenvalue weighted by Crippen LogP contribution is 2.26. The Kier molecular flexibility index (Phi) is 9.09. The van der Waals surface area contributed by atoms with E-state index in [2.05, 4.69) is 43.6 Å². The first-order valence-corrected chi connectivity index (χ1v) is 9.10. The second-order valence-corrected chi connectivity index (χ2v) is 9.29. The lowest BCUT2D eigenvalue weighted by atomic mass is 10.5. The van der Waals surface area contributed by atoms with Crippen molar-refractivity contribution in [3.05, 3.63) is 0 Å². The van der Waals surface area contributed by atoms with E-state index in [0.29, 0.717) is 4.45 Å². The van der Waals surface area contributed by atoms with Gasteiger partial charge in [0.05, 0.1) is 4.45 Å². The third-order valence-electron chi connectivity index (χ3n) is 2.43. The SMILES string of the molecule is CCCO[Si](CC)(OCCC)C(Br)CC. The van der Waals surface area contributed by atoms with Gasteiger partial charge in [0.2, 0.25) is 0 Å². The van der Waals surface area contributed by atoms with Crippen LogP contribution in [0.1, 0.15) is 47.0 Å². The summed E-state index contributed by atoms with van der Waals surface area (Å²) >= 11 is 3.73.